The minimum Gasteiger partial charge on any atom is -0.207 e. The molecule has 0 aliphatic rings. The van der Waals surface area contributed by atoms with Crippen molar-refractivity contribution < 1.29 is 8.78 Å². The molecule has 0 nitrogen and oxygen atoms in total. The van der Waals surface area contributed by atoms with E-state index in [9.17, 15) is 8.78 Å². The fraction of sp³-hybridized carbons (Fsp3) is 0.167. The van der Waals surface area contributed by atoms with E-state index in [4.69, 9.17) is 0 Å². The lowest BCUT2D eigenvalue weighted by molar-refractivity contribution is 0.581. The van der Waals surface area contributed by atoms with Crippen molar-refractivity contribution in [3.8, 4) is 0 Å². The molecule has 0 aliphatic heterocycles. The van der Waals surface area contributed by atoms with Gasteiger partial charge in [-0.1, -0.05) is 22.0 Å². The van der Waals surface area contributed by atoms with Crippen LogP contribution in [0, 0.1) is 18.6 Å². The van der Waals surface area contributed by atoms with Crippen LogP contribution in [0.5, 0.6) is 0 Å². The van der Waals surface area contributed by atoms with Gasteiger partial charge in [-0.15, -0.1) is 11.3 Å². The molecule has 2 aromatic rings. The monoisotopic (exact) mass is 302 g/mol. The van der Waals surface area contributed by atoms with Crippen molar-refractivity contribution in [2.75, 3.05) is 0 Å². The maximum Gasteiger partial charge on any atom is 0.128 e. The van der Waals surface area contributed by atoms with E-state index in [0.717, 1.165) is 4.88 Å². The zero-order valence-corrected chi connectivity index (χ0v) is 10.9. The summed E-state index contributed by atoms with van der Waals surface area (Å²) < 4.78 is 27.1. The smallest absolute Gasteiger partial charge is 0.128 e. The second kappa shape index (κ2) is 4.63. The normalized spacial score (nSPS) is 12.8. The first-order chi connectivity index (χ1) is 7.59. The van der Waals surface area contributed by atoms with Crippen LogP contribution in [0.15, 0.2) is 29.6 Å². The summed E-state index contributed by atoms with van der Waals surface area (Å²) in [5.74, 6) is -0.758. The van der Waals surface area contributed by atoms with E-state index in [1.807, 2.05) is 17.5 Å². The summed E-state index contributed by atoms with van der Waals surface area (Å²) >= 11 is 4.90. The Bertz CT molecular complexity index is 494. The van der Waals surface area contributed by atoms with Gasteiger partial charge in [0.1, 0.15) is 11.6 Å². The predicted octanol–water partition coefficient (Wildman–Crippen LogP) is 4.82. The molecule has 1 unspecified atom stereocenters. The second-order valence-corrected chi connectivity index (χ2v) is 5.40. The van der Waals surface area contributed by atoms with Gasteiger partial charge in [-0.25, -0.2) is 8.78 Å². The summed E-state index contributed by atoms with van der Waals surface area (Å²) in [4.78, 5) is 0.671. The lowest BCUT2D eigenvalue weighted by atomic mass is 10.1. The van der Waals surface area contributed by atoms with E-state index in [2.05, 4.69) is 15.9 Å². The quantitative estimate of drug-likeness (QED) is 0.698. The van der Waals surface area contributed by atoms with Crippen molar-refractivity contribution in [2.24, 2.45) is 0 Å². The van der Waals surface area contributed by atoms with Gasteiger partial charge < -0.3 is 0 Å². The molecule has 0 fully saturated rings. The Morgan fingerprint density at radius 3 is 2.62 bits per heavy atom. The van der Waals surface area contributed by atoms with E-state index in [1.165, 1.54) is 23.5 Å². The average molecular weight is 303 g/mol. The molecule has 0 saturated carbocycles. The number of thiophene rings is 1. The topological polar surface area (TPSA) is 0 Å². The van der Waals surface area contributed by atoms with Crippen molar-refractivity contribution in [1.29, 1.82) is 0 Å². The van der Waals surface area contributed by atoms with Crippen molar-refractivity contribution >= 4 is 27.3 Å². The Morgan fingerprint density at radius 1 is 1.25 bits per heavy atom. The zero-order chi connectivity index (χ0) is 11.7. The summed E-state index contributed by atoms with van der Waals surface area (Å²) in [6, 6.07) is 6.26. The van der Waals surface area contributed by atoms with Crippen LogP contribution in [0.25, 0.3) is 0 Å². The van der Waals surface area contributed by atoms with Crippen molar-refractivity contribution in [3.05, 3.63) is 57.3 Å². The highest BCUT2D eigenvalue weighted by Crippen LogP contribution is 2.35. The van der Waals surface area contributed by atoms with Crippen LogP contribution < -0.4 is 0 Å². The van der Waals surface area contributed by atoms with Crippen LogP contribution in [0.3, 0.4) is 0 Å². The molecule has 1 aromatic carbocycles. The van der Waals surface area contributed by atoms with E-state index in [0.29, 0.717) is 11.1 Å². The first kappa shape index (κ1) is 11.7. The van der Waals surface area contributed by atoms with Gasteiger partial charge in [-0.3, -0.25) is 0 Å². The van der Waals surface area contributed by atoms with Crippen molar-refractivity contribution in [1.82, 2.24) is 0 Å². The number of rotatable bonds is 2. The lowest BCUT2D eigenvalue weighted by Gasteiger charge is -2.10. The molecule has 0 N–H and O–H groups in total. The van der Waals surface area contributed by atoms with Crippen LogP contribution in [0.2, 0.25) is 0 Å². The number of halogens is 3. The Kier molecular flexibility index (Phi) is 3.40. The molecule has 0 saturated heterocycles. The third kappa shape index (κ3) is 2.18. The molecule has 0 spiro atoms. The highest BCUT2D eigenvalue weighted by molar-refractivity contribution is 9.09. The average Bonchev–Trinajstić information content (AvgIpc) is 2.75. The third-order valence-electron chi connectivity index (χ3n) is 2.34. The Labute approximate surface area is 105 Å². The number of alkyl halides is 1. The number of hydrogen-bond donors (Lipinski definition) is 0. The molecule has 1 aromatic heterocycles. The van der Waals surface area contributed by atoms with Crippen LogP contribution in [0.1, 0.15) is 20.8 Å². The molecule has 4 heteroatoms. The zero-order valence-electron chi connectivity index (χ0n) is 8.51. The summed E-state index contributed by atoms with van der Waals surface area (Å²) in [5, 5.41) is 1.91. The SMILES string of the molecule is Cc1cc(F)c(C(Br)c2cccs2)cc1F. The Morgan fingerprint density at radius 2 is 2.00 bits per heavy atom. The highest BCUT2D eigenvalue weighted by atomic mass is 79.9. The molecule has 1 atom stereocenters. The van der Waals surface area contributed by atoms with Gasteiger partial charge in [0.05, 0.1) is 4.83 Å². The van der Waals surface area contributed by atoms with E-state index in [1.54, 1.807) is 6.92 Å². The van der Waals surface area contributed by atoms with E-state index >= 15 is 0 Å². The minimum absolute atomic E-state index is 0.289. The number of benzene rings is 1. The summed E-state index contributed by atoms with van der Waals surface area (Å²) in [6.45, 7) is 1.55. The first-order valence-corrected chi connectivity index (χ1v) is 6.52. The predicted molar refractivity (Wildman–Crippen MR) is 66.2 cm³/mol. The highest BCUT2D eigenvalue weighted by Gasteiger charge is 2.17. The number of aryl methyl sites for hydroxylation is 1. The van der Waals surface area contributed by atoms with Crippen LogP contribution in [-0.4, -0.2) is 0 Å². The van der Waals surface area contributed by atoms with E-state index < -0.39 is 0 Å². The Balaban J connectivity index is 2.44. The minimum atomic E-state index is -0.380. The molecular weight excluding hydrogens is 294 g/mol. The molecule has 1 heterocycles. The van der Waals surface area contributed by atoms with Crippen LogP contribution in [0.4, 0.5) is 8.78 Å². The summed E-state index contributed by atoms with van der Waals surface area (Å²) in [7, 11) is 0. The molecule has 0 radical (unpaired) electrons. The largest absolute Gasteiger partial charge is 0.207 e. The van der Waals surface area contributed by atoms with Crippen LogP contribution >= 0.6 is 27.3 Å². The molecule has 0 amide bonds. The van der Waals surface area contributed by atoms with Gasteiger partial charge in [0.2, 0.25) is 0 Å². The second-order valence-electron chi connectivity index (χ2n) is 3.50. The van der Waals surface area contributed by atoms with Gasteiger partial charge in [0.15, 0.2) is 0 Å². The van der Waals surface area contributed by atoms with Crippen molar-refractivity contribution in [2.45, 2.75) is 11.8 Å². The lowest BCUT2D eigenvalue weighted by Crippen LogP contribution is -1.97. The van der Waals surface area contributed by atoms with Gasteiger partial charge in [0.25, 0.3) is 0 Å². The maximum atomic E-state index is 13.7. The fourth-order valence-corrected chi connectivity index (χ4v) is 2.99. The Hall–Kier alpha value is -0.740. The van der Waals surface area contributed by atoms with Crippen LogP contribution in [-0.2, 0) is 0 Å². The molecule has 84 valence electrons. The van der Waals surface area contributed by atoms with Gasteiger partial charge >= 0.3 is 0 Å². The fourth-order valence-electron chi connectivity index (χ4n) is 1.44. The summed E-state index contributed by atoms with van der Waals surface area (Å²) in [6.07, 6.45) is 0. The standard InChI is InChI=1S/C12H9BrF2S/c1-7-5-10(15)8(6-9(7)14)12(13)11-3-2-4-16-11/h2-6,12H,1H3. The molecule has 2 rings (SSSR count). The molecule has 0 aliphatic carbocycles. The van der Waals surface area contributed by atoms with Crippen molar-refractivity contribution in [3.63, 3.8) is 0 Å². The van der Waals surface area contributed by atoms with Gasteiger partial charge in [-0.05, 0) is 36.1 Å². The molecule has 0 bridgehead atoms. The van der Waals surface area contributed by atoms with Gasteiger partial charge in [0, 0.05) is 10.4 Å². The van der Waals surface area contributed by atoms with Gasteiger partial charge in [-0.2, -0.15) is 0 Å². The van der Waals surface area contributed by atoms with E-state index in [-0.39, 0.29) is 16.5 Å². The molecule has 16 heavy (non-hydrogen) atoms. The maximum absolute atomic E-state index is 13.7. The summed E-state index contributed by atoms with van der Waals surface area (Å²) in [5.41, 5.74) is 0.665. The molecular formula is C12H9BrF2S. The third-order valence-corrected chi connectivity index (χ3v) is 4.57. The first-order valence-electron chi connectivity index (χ1n) is 4.72. The number of hydrogen-bond acceptors (Lipinski definition) is 1.